The maximum atomic E-state index is 12.4. The highest BCUT2D eigenvalue weighted by atomic mass is 16.6. The molecule has 2 aliphatic carbocycles. The van der Waals surface area contributed by atoms with Crippen molar-refractivity contribution in [2.24, 2.45) is 11.8 Å². The van der Waals surface area contributed by atoms with Crippen molar-refractivity contribution in [1.82, 2.24) is 5.32 Å². The Kier molecular flexibility index (Phi) is 6.35. The van der Waals surface area contributed by atoms with E-state index in [1.54, 1.807) is 0 Å². The quantitative estimate of drug-likeness (QED) is 0.642. The van der Waals surface area contributed by atoms with Gasteiger partial charge in [-0.05, 0) is 50.7 Å². The molecule has 4 atom stereocenters. The molecule has 2 aromatic carbocycles. The van der Waals surface area contributed by atoms with Crippen LogP contribution in [0.5, 0.6) is 0 Å². The Labute approximate surface area is 185 Å². The molecule has 0 bridgehead atoms. The van der Waals surface area contributed by atoms with Crippen molar-refractivity contribution in [3.8, 4) is 0 Å². The molecular formula is C26H33NO4. The number of hydrogen-bond donors (Lipinski definition) is 1. The number of rotatable bonds is 8. The van der Waals surface area contributed by atoms with E-state index in [0.29, 0.717) is 25.7 Å². The number of carbonyl (C=O) groups excluding carboxylic acids is 1. The Morgan fingerprint density at radius 3 is 2.19 bits per heavy atom. The van der Waals surface area contributed by atoms with Crippen LogP contribution in [0.25, 0.3) is 0 Å². The lowest BCUT2D eigenvalue weighted by Gasteiger charge is -2.24. The minimum absolute atomic E-state index is 0.0460. The fraction of sp³-hybridized carbons (Fsp3) is 0.500. The topological polar surface area (TPSA) is 56.8 Å². The van der Waals surface area contributed by atoms with Gasteiger partial charge >= 0.3 is 6.09 Å². The summed E-state index contributed by atoms with van der Waals surface area (Å²) in [7, 11) is 0. The Morgan fingerprint density at radius 2 is 1.58 bits per heavy atom. The third kappa shape index (κ3) is 5.66. The number of ether oxygens (including phenoxy) is 3. The highest BCUT2D eigenvalue weighted by Crippen LogP contribution is 2.60. The van der Waals surface area contributed by atoms with E-state index in [1.165, 1.54) is 0 Å². The first-order valence-electron chi connectivity index (χ1n) is 11.1. The van der Waals surface area contributed by atoms with Gasteiger partial charge in [0.15, 0.2) is 0 Å². The molecule has 2 aromatic rings. The summed E-state index contributed by atoms with van der Waals surface area (Å²) in [5.74, 6) is 0.610. The van der Waals surface area contributed by atoms with Crippen LogP contribution >= 0.6 is 0 Å². The molecule has 1 N–H and O–H groups in total. The van der Waals surface area contributed by atoms with Crippen molar-refractivity contribution in [2.75, 3.05) is 6.61 Å². The lowest BCUT2D eigenvalue weighted by molar-refractivity contribution is -0.0304. The molecule has 166 valence electrons. The first-order chi connectivity index (χ1) is 14.8. The lowest BCUT2D eigenvalue weighted by Crippen LogP contribution is -2.41. The van der Waals surface area contributed by atoms with E-state index in [4.69, 9.17) is 14.2 Å². The summed E-state index contributed by atoms with van der Waals surface area (Å²) in [5.41, 5.74) is 1.58. The van der Waals surface area contributed by atoms with Gasteiger partial charge < -0.3 is 19.5 Å². The molecule has 4 rings (SSSR count). The molecule has 5 nitrogen and oxygen atoms in total. The van der Waals surface area contributed by atoms with Crippen molar-refractivity contribution in [3.05, 3.63) is 71.8 Å². The smallest absolute Gasteiger partial charge is 0.408 e. The van der Waals surface area contributed by atoms with Crippen molar-refractivity contribution >= 4 is 6.09 Å². The van der Waals surface area contributed by atoms with Gasteiger partial charge in [-0.15, -0.1) is 0 Å². The van der Waals surface area contributed by atoms with E-state index in [-0.39, 0.29) is 23.7 Å². The van der Waals surface area contributed by atoms with Gasteiger partial charge in [0, 0.05) is 11.5 Å². The van der Waals surface area contributed by atoms with Crippen molar-refractivity contribution in [1.29, 1.82) is 0 Å². The largest absolute Gasteiger partial charge is 0.444 e. The maximum absolute atomic E-state index is 12.4. The van der Waals surface area contributed by atoms with Gasteiger partial charge in [0.25, 0.3) is 0 Å². The minimum atomic E-state index is -0.509. The fourth-order valence-electron chi connectivity index (χ4n) is 4.67. The number of carbonyl (C=O) groups is 1. The summed E-state index contributed by atoms with van der Waals surface area (Å²) >= 11 is 0. The first-order valence-corrected chi connectivity index (χ1v) is 11.1. The van der Waals surface area contributed by atoms with Crippen LogP contribution < -0.4 is 5.32 Å². The number of fused-ring (bicyclic) bond motifs is 1. The van der Waals surface area contributed by atoms with Crippen molar-refractivity contribution in [2.45, 2.75) is 64.1 Å². The van der Waals surface area contributed by atoms with Gasteiger partial charge in [0.2, 0.25) is 0 Å². The minimum Gasteiger partial charge on any atom is -0.444 e. The molecule has 0 aromatic heterocycles. The molecule has 0 radical (unpaired) electrons. The Morgan fingerprint density at radius 1 is 0.968 bits per heavy atom. The van der Waals surface area contributed by atoms with Crippen molar-refractivity contribution in [3.63, 3.8) is 0 Å². The van der Waals surface area contributed by atoms with Crippen LogP contribution in [0.4, 0.5) is 4.79 Å². The maximum Gasteiger partial charge on any atom is 0.408 e. The standard InChI is InChI=1S/C26H33NO4/c1-25(2,3)31-24(28)27-26-14-22(26)21(18-29-16-19-10-6-4-7-11-19)23(15-26)30-17-20-12-8-5-9-13-20/h4-13,21-23H,14-18H2,1-3H3,(H,27,28)/t21-,22-,23-,26-/m0/s1. The van der Waals surface area contributed by atoms with E-state index >= 15 is 0 Å². The monoisotopic (exact) mass is 423 g/mol. The molecule has 2 aliphatic rings. The van der Waals surface area contributed by atoms with E-state index < -0.39 is 5.60 Å². The van der Waals surface area contributed by atoms with Gasteiger partial charge in [0.05, 0.1) is 25.9 Å². The molecule has 1 amide bonds. The predicted octanol–water partition coefficient (Wildman–Crippen LogP) is 5.09. The Hall–Kier alpha value is -2.37. The van der Waals surface area contributed by atoms with E-state index in [2.05, 4.69) is 29.6 Å². The highest BCUT2D eigenvalue weighted by molar-refractivity contribution is 5.70. The number of hydrogen-bond acceptors (Lipinski definition) is 4. The van der Waals surface area contributed by atoms with E-state index in [0.717, 1.165) is 24.0 Å². The Balaban J connectivity index is 1.38. The van der Waals surface area contributed by atoms with Crippen molar-refractivity contribution < 1.29 is 19.0 Å². The third-order valence-electron chi connectivity index (χ3n) is 6.17. The lowest BCUT2D eigenvalue weighted by atomic mass is 10.0. The van der Waals surface area contributed by atoms with Crippen LogP contribution in [-0.4, -0.2) is 29.9 Å². The van der Waals surface area contributed by atoms with Gasteiger partial charge in [-0.3, -0.25) is 0 Å². The zero-order valence-corrected chi connectivity index (χ0v) is 18.7. The summed E-state index contributed by atoms with van der Waals surface area (Å²) in [6.07, 6.45) is 1.45. The van der Waals surface area contributed by atoms with Crippen LogP contribution in [0.1, 0.15) is 44.7 Å². The molecule has 2 saturated carbocycles. The molecule has 0 heterocycles. The van der Waals surface area contributed by atoms with Crippen LogP contribution in [0.2, 0.25) is 0 Å². The zero-order valence-electron chi connectivity index (χ0n) is 18.7. The van der Waals surface area contributed by atoms with E-state index in [9.17, 15) is 4.79 Å². The summed E-state index contributed by atoms with van der Waals surface area (Å²) < 4.78 is 17.9. The Bertz CT molecular complexity index is 864. The second kappa shape index (κ2) is 9.01. The summed E-state index contributed by atoms with van der Waals surface area (Å²) in [5, 5.41) is 3.16. The van der Waals surface area contributed by atoms with Gasteiger partial charge in [-0.2, -0.15) is 0 Å². The fourth-order valence-corrected chi connectivity index (χ4v) is 4.67. The SMILES string of the molecule is CC(C)(C)OC(=O)N[C@@]12C[C@H](OCc3ccccc3)[C@@H](COCc3ccccc3)[C@@H]1C2. The molecule has 0 spiro atoms. The third-order valence-corrected chi connectivity index (χ3v) is 6.17. The molecule has 0 unspecified atom stereocenters. The number of amides is 1. The van der Waals surface area contributed by atoms with Crippen LogP contribution in [0.3, 0.4) is 0 Å². The second-order valence-corrected chi connectivity index (χ2v) is 9.80. The average Bonchev–Trinajstić information content (AvgIpc) is 3.33. The summed E-state index contributed by atoms with van der Waals surface area (Å²) in [4.78, 5) is 12.4. The molecule has 0 aliphatic heterocycles. The van der Waals surface area contributed by atoms with Gasteiger partial charge in [-0.25, -0.2) is 4.79 Å². The molecule has 2 fully saturated rings. The molecule has 31 heavy (non-hydrogen) atoms. The van der Waals surface area contributed by atoms with Gasteiger partial charge in [0.1, 0.15) is 5.60 Å². The summed E-state index contributed by atoms with van der Waals surface area (Å²) in [6.45, 7) is 7.43. The second-order valence-electron chi connectivity index (χ2n) is 9.80. The molecule has 5 heteroatoms. The van der Waals surface area contributed by atoms with Gasteiger partial charge in [-0.1, -0.05) is 60.7 Å². The first kappa shape index (κ1) is 21.8. The van der Waals surface area contributed by atoms with E-state index in [1.807, 2.05) is 57.2 Å². The predicted molar refractivity (Wildman–Crippen MR) is 119 cm³/mol. The molecule has 0 saturated heterocycles. The normalized spacial score (nSPS) is 26.9. The highest BCUT2D eigenvalue weighted by Gasteiger charge is 2.66. The summed E-state index contributed by atoms with van der Waals surface area (Å²) in [6, 6.07) is 20.4. The van der Waals surface area contributed by atoms with Crippen LogP contribution in [0, 0.1) is 11.8 Å². The zero-order chi connectivity index (χ0) is 21.9. The van der Waals surface area contributed by atoms with Crippen LogP contribution in [-0.2, 0) is 27.4 Å². The van der Waals surface area contributed by atoms with Crippen LogP contribution in [0.15, 0.2) is 60.7 Å². The number of benzene rings is 2. The number of alkyl carbamates (subject to hydrolysis) is 1. The number of nitrogens with one attached hydrogen (secondary N) is 1. The molecular weight excluding hydrogens is 390 g/mol. The average molecular weight is 424 g/mol.